The highest BCUT2D eigenvalue weighted by Crippen LogP contribution is 2.29. The zero-order valence-corrected chi connectivity index (χ0v) is 9.99. The molecule has 2 aromatic rings. The van der Waals surface area contributed by atoms with E-state index in [-0.39, 0.29) is 5.78 Å². The molecule has 1 heterocycles. The van der Waals surface area contributed by atoms with Crippen LogP contribution in [0.1, 0.15) is 12.0 Å². The number of rotatable bonds is 0. The summed E-state index contributed by atoms with van der Waals surface area (Å²) in [4.78, 5) is 11.4. The van der Waals surface area contributed by atoms with Crippen molar-refractivity contribution in [3.05, 3.63) is 40.3 Å². The van der Waals surface area contributed by atoms with Gasteiger partial charge in [-0.2, -0.15) is 0 Å². The predicted octanol–water partition coefficient (Wildman–Crippen LogP) is 1.34. The van der Waals surface area contributed by atoms with Gasteiger partial charge in [0.2, 0.25) is 0 Å². The molecular weight excluding hydrogens is 222 g/mol. The molecule has 1 aliphatic carbocycles. The molecule has 0 unspecified atom stereocenters. The van der Waals surface area contributed by atoms with Crippen LogP contribution in [0.3, 0.4) is 0 Å². The first-order chi connectivity index (χ1) is 8.83. The number of carbonyl (C=O) groups excluding carboxylic acids is 1. The van der Waals surface area contributed by atoms with Gasteiger partial charge in [0.05, 0.1) is 0 Å². The van der Waals surface area contributed by atoms with Gasteiger partial charge < -0.3 is 5.32 Å². The topological polar surface area (TPSA) is 29.1 Å². The number of ketones is 1. The molecule has 2 heteroatoms. The van der Waals surface area contributed by atoms with Crippen LogP contribution in [0.25, 0.3) is 22.9 Å². The van der Waals surface area contributed by atoms with E-state index < -0.39 is 0 Å². The fraction of sp³-hybridized carbons (Fsp3) is 0.188. The highest BCUT2D eigenvalue weighted by atomic mass is 16.1. The van der Waals surface area contributed by atoms with Crippen molar-refractivity contribution >= 4 is 34.4 Å². The monoisotopic (exact) mass is 235 g/mol. The summed E-state index contributed by atoms with van der Waals surface area (Å²) in [5.41, 5.74) is 2.68. The molecule has 88 valence electrons. The summed E-state index contributed by atoms with van der Waals surface area (Å²) in [6.45, 7) is 1.03. The molecule has 0 saturated carbocycles. The molecule has 0 amide bonds. The molecule has 2 aliphatic rings. The Hall–Kier alpha value is -2.09. The van der Waals surface area contributed by atoms with E-state index in [1.54, 1.807) is 6.08 Å². The molecule has 1 aliphatic heterocycles. The zero-order valence-electron chi connectivity index (χ0n) is 9.99. The number of fused-ring (bicyclic) bond motifs is 5. The molecule has 0 radical (unpaired) electrons. The summed E-state index contributed by atoms with van der Waals surface area (Å²) in [6, 6.07) is 8.60. The van der Waals surface area contributed by atoms with Crippen LogP contribution in [0.2, 0.25) is 0 Å². The van der Waals surface area contributed by atoms with Gasteiger partial charge in [0.1, 0.15) is 0 Å². The number of carbonyl (C=O) groups is 1. The summed E-state index contributed by atoms with van der Waals surface area (Å²) in [5.74, 6) is 0.195. The lowest BCUT2D eigenvalue weighted by Crippen LogP contribution is -2.29. The van der Waals surface area contributed by atoms with Crippen molar-refractivity contribution in [1.29, 1.82) is 0 Å². The molecule has 0 bridgehead atoms. The third-order valence-electron chi connectivity index (χ3n) is 3.88. The summed E-state index contributed by atoms with van der Waals surface area (Å²) in [5, 5.41) is 8.27. The standard InChI is InChI=1S/C16H13NO/c18-12-3-6-13-11(9-12)2-5-15-14(13)4-1-10-7-8-17-16(10)15/h1-2,4-6,9,17H,3,7-8H2. The van der Waals surface area contributed by atoms with Crippen LogP contribution in [0, 0.1) is 0 Å². The van der Waals surface area contributed by atoms with Crippen molar-refractivity contribution < 1.29 is 4.79 Å². The minimum absolute atomic E-state index is 0.195. The number of hydrogen-bond acceptors (Lipinski definition) is 2. The maximum atomic E-state index is 11.4. The third-order valence-corrected chi connectivity index (χ3v) is 3.88. The number of benzene rings is 2. The zero-order chi connectivity index (χ0) is 12.1. The smallest absolute Gasteiger partial charge is 0.160 e. The Morgan fingerprint density at radius 1 is 1.06 bits per heavy atom. The summed E-state index contributed by atoms with van der Waals surface area (Å²) >= 11 is 0. The van der Waals surface area contributed by atoms with E-state index in [1.165, 1.54) is 27.2 Å². The Labute approximate surface area is 105 Å². The van der Waals surface area contributed by atoms with Gasteiger partial charge >= 0.3 is 0 Å². The molecular formula is C16H13NO. The maximum Gasteiger partial charge on any atom is 0.160 e. The number of Topliss-reactive ketones (excluding diaryl/α,β-unsaturated/α-hetero) is 1. The summed E-state index contributed by atoms with van der Waals surface area (Å²) in [7, 11) is 0. The number of nitrogens with one attached hydrogen (secondary N) is 1. The van der Waals surface area contributed by atoms with Crippen molar-refractivity contribution in [2.24, 2.45) is 0 Å². The van der Waals surface area contributed by atoms with Crippen LogP contribution in [-0.2, 0) is 11.2 Å². The molecule has 0 fully saturated rings. The van der Waals surface area contributed by atoms with Crippen LogP contribution in [0.5, 0.6) is 0 Å². The third kappa shape index (κ3) is 1.26. The molecule has 0 spiro atoms. The van der Waals surface area contributed by atoms with Gasteiger partial charge in [0.15, 0.2) is 5.78 Å². The van der Waals surface area contributed by atoms with Crippen molar-refractivity contribution in [2.45, 2.75) is 12.8 Å². The highest BCUT2D eigenvalue weighted by Gasteiger charge is 2.14. The van der Waals surface area contributed by atoms with Crippen molar-refractivity contribution in [1.82, 2.24) is 0 Å². The lowest BCUT2D eigenvalue weighted by molar-refractivity contribution is -0.112. The van der Waals surface area contributed by atoms with Crippen LogP contribution in [0.4, 0.5) is 5.69 Å². The molecule has 2 aromatic carbocycles. The Morgan fingerprint density at radius 2 is 1.94 bits per heavy atom. The molecule has 1 N–H and O–H groups in total. The summed E-state index contributed by atoms with van der Waals surface area (Å²) in [6.07, 6.45) is 5.45. The van der Waals surface area contributed by atoms with Gasteiger partial charge in [0.25, 0.3) is 0 Å². The first-order valence-electron chi connectivity index (χ1n) is 6.36. The normalized spacial score (nSPS) is 16.6. The molecule has 2 nitrogen and oxygen atoms in total. The van der Waals surface area contributed by atoms with Crippen molar-refractivity contribution in [3.63, 3.8) is 0 Å². The van der Waals surface area contributed by atoms with Crippen LogP contribution < -0.4 is 15.8 Å². The SMILES string of the molecule is O=C1C=c2ccc3c4c(ccc3c2=CC1)CCN4. The number of anilines is 1. The second kappa shape index (κ2) is 3.45. The first-order valence-corrected chi connectivity index (χ1v) is 6.36. The van der Waals surface area contributed by atoms with E-state index in [2.05, 4.69) is 35.7 Å². The Kier molecular flexibility index (Phi) is 1.90. The van der Waals surface area contributed by atoms with E-state index in [0.717, 1.165) is 18.2 Å². The molecule has 4 rings (SSSR count). The average molecular weight is 235 g/mol. The van der Waals surface area contributed by atoms with Gasteiger partial charge in [0, 0.05) is 24.0 Å². The quantitative estimate of drug-likeness (QED) is 0.746. The van der Waals surface area contributed by atoms with E-state index in [1.807, 2.05) is 0 Å². The minimum atomic E-state index is 0.195. The van der Waals surface area contributed by atoms with Gasteiger partial charge in [-0.3, -0.25) is 4.79 Å². The second-order valence-corrected chi connectivity index (χ2v) is 4.96. The van der Waals surface area contributed by atoms with Gasteiger partial charge in [-0.05, 0) is 33.9 Å². The summed E-state index contributed by atoms with van der Waals surface area (Å²) < 4.78 is 0. The fourth-order valence-electron chi connectivity index (χ4n) is 3.02. The highest BCUT2D eigenvalue weighted by molar-refractivity contribution is 6.10. The van der Waals surface area contributed by atoms with Crippen molar-refractivity contribution in [2.75, 3.05) is 11.9 Å². The molecule has 0 saturated heterocycles. The largest absolute Gasteiger partial charge is 0.384 e. The Morgan fingerprint density at radius 3 is 2.89 bits per heavy atom. The number of hydrogen-bond donors (Lipinski definition) is 1. The predicted molar refractivity (Wildman–Crippen MR) is 73.9 cm³/mol. The van der Waals surface area contributed by atoms with Crippen molar-refractivity contribution in [3.8, 4) is 0 Å². The first kappa shape index (κ1) is 9.89. The second-order valence-electron chi connectivity index (χ2n) is 4.96. The van der Waals surface area contributed by atoms with E-state index >= 15 is 0 Å². The van der Waals surface area contributed by atoms with Crippen LogP contribution >= 0.6 is 0 Å². The van der Waals surface area contributed by atoms with E-state index in [4.69, 9.17) is 0 Å². The van der Waals surface area contributed by atoms with Crippen LogP contribution in [-0.4, -0.2) is 12.3 Å². The Balaban J connectivity index is 2.18. The molecule has 18 heavy (non-hydrogen) atoms. The molecule has 0 atom stereocenters. The van der Waals surface area contributed by atoms with Gasteiger partial charge in [-0.25, -0.2) is 0 Å². The average Bonchev–Trinajstić information content (AvgIpc) is 2.86. The van der Waals surface area contributed by atoms with Crippen LogP contribution in [0.15, 0.2) is 24.3 Å². The molecule has 0 aromatic heterocycles. The van der Waals surface area contributed by atoms with Gasteiger partial charge in [-0.1, -0.05) is 30.3 Å². The maximum absolute atomic E-state index is 11.4. The Bertz CT molecular complexity index is 802. The minimum Gasteiger partial charge on any atom is -0.384 e. The lowest BCUT2D eigenvalue weighted by Gasteiger charge is -2.08. The lowest BCUT2D eigenvalue weighted by atomic mass is 9.98. The van der Waals surface area contributed by atoms with E-state index in [9.17, 15) is 4.79 Å². The van der Waals surface area contributed by atoms with Gasteiger partial charge in [-0.15, -0.1) is 0 Å². The van der Waals surface area contributed by atoms with E-state index in [0.29, 0.717) is 6.42 Å². The fourth-order valence-corrected chi connectivity index (χ4v) is 3.02.